The Morgan fingerprint density at radius 2 is 1.47 bits per heavy atom. The first-order chi connectivity index (χ1) is 14.2. The van der Waals surface area contributed by atoms with Crippen molar-refractivity contribution in [2.75, 3.05) is 14.2 Å². The van der Waals surface area contributed by atoms with Crippen molar-refractivity contribution in [1.82, 2.24) is 0 Å². The summed E-state index contributed by atoms with van der Waals surface area (Å²) in [4.78, 5) is 59.6. The molecule has 0 aromatic heterocycles. The van der Waals surface area contributed by atoms with Crippen LogP contribution in [0.3, 0.4) is 0 Å². The maximum Gasteiger partial charge on any atom is 0.351 e. The van der Waals surface area contributed by atoms with Gasteiger partial charge in [-0.2, -0.15) is 0 Å². The molecule has 0 radical (unpaired) electrons. The summed E-state index contributed by atoms with van der Waals surface area (Å²) in [7, 11) is -3.55. The van der Waals surface area contributed by atoms with Crippen molar-refractivity contribution in [2.24, 2.45) is 0 Å². The molecule has 156 valence electrons. The van der Waals surface area contributed by atoms with E-state index in [9.17, 15) is 28.7 Å². The molecule has 0 amide bonds. The molecule has 1 aliphatic rings. The molecule has 2 aromatic rings. The highest BCUT2D eigenvalue weighted by Gasteiger charge is 2.72. The molecular formula is C21H19O8P. The Bertz CT molecular complexity index is 1070. The molecule has 2 unspecified atom stereocenters. The van der Waals surface area contributed by atoms with Crippen LogP contribution in [0.25, 0.3) is 5.57 Å². The number of benzene rings is 2. The van der Waals surface area contributed by atoms with Gasteiger partial charge in [-0.05, 0) is 16.7 Å². The molecule has 30 heavy (non-hydrogen) atoms. The lowest BCUT2D eigenvalue weighted by Gasteiger charge is -2.33. The Labute approximate surface area is 172 Å². The van der Waals surface area contributed by atoms with Gasteiger partial charge in [0.2, 0.25) is 10.9 Å². The minimum atomic E-state index is -5.51. The zero-order valence-electron chi connectivity index (χ0n) is 16.1. The first kappa shape index (κ1) is 21.6. The maximum atomic E-state index is 13.5. The van der Waals surface area contributed by atoms with E-state index in [0.717, 1.165) is 14.2 Å². The van der Waals surface area contributed by atoms with E-state index in [1.54, 1.807) is 48.5 Å². The monoisotopic (exact) mass is 430 g/mol. The zero-order valence-corrected chi connectivity index (χ0v) is 17.0. The Morgan fingerprint density at radius 3 is 1.93 bits per heavy atom. The van der Waals surface area contributed by atoms with Gasteiger partial charge in [0.1, 0.15) is 5.57 Å². The second-order valence-corrected chi connectivity index (χ2v) is 8.41. The molecular weight excluding hydrogens is 411 g/mol. The number of ketones is 1. The third kappa shape index (κ3) is 3.10. The first-order valence-corrected chi connectivity index (χ1v) is 10.4. The van der Waals surface area contributed by atoms with Crippen molar-refractivity contribution < 1.29 is 38.2 Å². The minimum absolute atomic E-state index is 0.00706. The average molecular weight is 430 g/mol. The highest BCUT2D eigenvalue weighted by Crippen LogP contribution is 2.66. The largest absolute Gasteiger partial charge is 0.468 e. The van der Waals surface area contributed by atoms with Gasteiger partial charge in [-0.3, -0.25) is 14.2 Å². The molecule has 0 bridgehead atoms. The van der Waals surface area contributed by atoms with Crippen LogP contribution in [0.15, 0.2) is 66.2 Å². The fourth-order valence-electron chi connectivity index (χ4n) is 3.87. The quantitative estimate of drug-likeness (QED) is 0.319. The number of rotatable bonds is 5. The van der Waals surface area contributed by atoms with Gasteiger partial charge >= 0.3 is 19.5 Å². The summed E-state index contributed by atoms with van der Waals surface area (Å²) in [5, 5.41) is -2.96. The Kier molecular flexibility index (Phi) is 5.76. The van der Waals surface area contributed by atoms with Crippen LogP contribution in [-0.4, -0.2) is 46.9 Å². The molecule has 9 heteroatoms. The van der Waals surface area contributed by atoms with Crippen LogP contribution < -0.4 is 0 Å². The minimum Gasteiger partial charge on any atom is -0.468 e. The fourth-order valence-corrected chi connectivity index (χ4v) is 5.19. The molecule has 2 atom stereocenters. The molecule has 0 aliphatic heterocycles. The van der Waals surface area contributed by atoms with Crippen LogP contribution in [0.4, 0.5) is 0 Å². The number of Topliss-reactive ketones (excluding diaryl/α,β-unsaturated/α-hetero) is 1. The normalized spacial score (nSPS) is 21.5. The number of carbonyl (C=O) groups is 3. The lowest BCUT2D eigenvalue weighted by molar-refractivity contribution is -0.147. The van der Waals surface area contributed by atoms with E-state index in [1.165, 1.54) is 12.1 Å². The van der Waals surface area contributed by atoms with E-state index in [-0.39, 0.29) is 11.1 Å². The number of esters is 2. The highest BCUT2D eigenvalue weighted by atomic mass is 31.2. The fraction of sp³-hybridized carbons (Fsp3) is 0.190. The Balaban J connectivity index is 2.51. The highest BCUT2D eigenvalue weighted by molar-refractivity contribution is 7.56. The third-order valence-corrected chi connectivity index (χ3v) is 6.68. The number of ether oxygens (including phenoxy) is 2. The van der Waals surface area contributed by atoms with E-state index in [4.69, 9.17) is 9.47 Å². The number of allylic oxidation sites excluding steroid dienone is 1. The lowest BCUT2D eigenvalue weighted by atomic mass is 9.81. The molecule has 0 heterocycles. The van der Waals surface area contributed by atoms with E-state index < -0.39 is 42.0 Å². The van der Waals surface area contributed by atoms with Gasteiger partial charge in [0.05, 0.1) is 14.2 Å². The SMILES string of the molecule is COC(=O)C1=C(c2ccccc2)C(c2ccccc2)C(C(=O)OC)(P(=O)(O)O)C1=O. The number of carbonyl (C=O) groups excluding carboxylic acids is 3. The van der Waals surface area contributed by atoms with Crippen molar-refractivity contribution in [3.05, 3.63) is 77.4 Å². The van der Waals surface area contributed by atoms with E-state index in [2.05, 4.69) is 0 Å². The van der Waals surface area contributed by atoms with Gasteiger partial charge in [-0.25, -0.2) is 4.79 Å². The number of hydrogen-bond donors (Lipinski definition) is 2. The van der Waals surface area contributed by atoms with Crippen LogP contribution >= 0.6 is 7.60 Å². The van der Waals surface area contributed by atoms with Crippen molar-refractivity contribution >= 4 is 30.9 Å². The van der Waals surface area contributed by atoms with Crippen LogP contribution in [0.5, 0.6) is 0 Å². The topological polar surface area (TPSA) is 127 Å². The van der Waals surface area contributed by atoms with E-state index in [0.29, 0.717) is 5.56 Å². The summed E-state index contributed by atoms with van der Waals surface area (Å²) in [6, 6.07) is 16.0. The van der Waals surface area contributed by atoms with Gasteiger partial charge < -0.3 is 19.3 Å². The predicted octanol–water partition coefficient (Wildman–Crippen LogP) is 2.07. The molecule has 1 aliphatic carbocycles. The smallest absolute Gasteiger partial charge is 0.351 e. The molecule has 0 saturated carbocycles. The predicted molar refractivity (Wildman–Crippen MR) is 106 cm³/mol. The molecule has 2 N–H and O–H groups in total. The van der Waals surface area contributed by atoms with Gasteiger partial charge in [-0.15, -0.1) is 0 Å². The third-order valence-electron chi connectivity index (χ3n) is 5.11. The molecule has 0 saturated heterocycles. The van der Waals surface area contributed by atoms with Crippen molar-refractivity contribution in [1.29, 1.82) is 0 Å². The van der Waals surface area contributed by atoms with Gasteiger partial charge in [0, 0.05) is 5.92 Å². The summed E-state index contributed by atoms with van der Waals surface area (Å²) >= 11 is 0. The van der Waals surface area contributed by atoms with Crippen LogP contribution in [0.2, 0.25) is 0 Å². The van der Waals surface area contributed by atoms with Crippen LogP contribution in [0.1, 0.15) is 17.0 Å². The number of hydrogen-bond acceptors (Lipinski definition) is 6. The summed E-state index contributed by atoms with van der Waals surface area (Å²) in [6.07, 6.45) is 0. The van der Waals surface area contributed by atoms with Gasteiger partial charge in [0.25, 0.3) is 0 Å². The summed E-state index contributed by atoms with van der Waals surface area (Å²) in [5.74, 6) is -5.33. The molecule has 3 rings (SSSR count). The second-order valence-electron chi connectivity index (χ2n) is 6.62. The molecule has 0 fully saturated rings. The average Bonchev–Trinajstić information content (AvgIpc) is 3.03. The summed E-state index contributed by atoms with van der Waals surface area (Å²) in [6.45, 7) is 0. The summed E-state index contributed by atoms with van der Waals surface area (Å²) in [5.41, 5.74) is 0.00955. The Hall–Kier alpha value is -3.06. The molecule has 2 aromatic carbocycles. The van der Waals surface area contributed by atoms with E-state index in [1.807, 2.05) is 0 Å². The van der Waals surface area contributed by atoms with Crippen molar-refractivity contribution in [2.45, 2.75) is 11.1 Å². The van der Waals surface area contributed by atoms with E-state index >= 15 is 0 Å². The van der Waals surface area contributed by atoms with Gasteiger partial charge in [-0.1, -0.05) is 60.7 Å². The molecule has 0 spiro atoms. The lowest BCUT2D eigenvalue weighted by Crippen LogP contribution is -2.49. The van der Waals surface area contributed by atoms with Crippen LogP contribution in [-0.2, 0) is 28.4 Å². The maximum absolute atomic E-state index is 13.5. The van der Waals surface area contributed by atoms with Crippen molar-refractivity contribution in [3.8, 4) is 0 Å². The van der Waals surface area contributed by atoms with Crippen LogP contribution in [0, 0.1) is 0 Å². The van der Waals surface area contributed by atoms with Gasteiger partial charge in [0.15, 0.2) is 0 Å². The molecule has 8 nitrogen and oxygen atoms in total. The second kappa shape index (κ2) is 7.99. The number of methoxy groups -OCH3 is 2. The van der Waals surface area contributed by atoms with Crippen molar-refractivity contribution in [3.63, 3.8) is 0 Å². The standard InChI is InChI=1S/C21H19O8P/c1-28-19(23)16-15(13-9-5-3-6-10-13)17(14-11-7-4-8-12-14)21(18(16)22,20(24)29-2)30(25,26)27/h3-12,17H,1-2H3,(H2,25,26,27). The first-order valence-electron chi connectivity index (χ1n) is 8.83. The Morgan fingerprint density at radius 1 is 0.933 bits per heavy atom. The summed E-state index contributed by atoms with van der Waals surface area (Å²) < 4.78 is 22.2. The zero-order chi connectivity index (χ0) is 22.1.